The molecule has 0 aromatic heterocycles. The van der Waals surface area contributed by atoms with Crippen LogP contribution in [0.5, 0.6) is 0 Å². The normalized spacial score (nSPS) is 24.2. The van der Waals surface area contributed by atoms with Crippen molar-refractivity contribution in [1.29, 1.82) is 0 Å². The van der Waals surface area contributed by atoms with Gasteiger partial charge in [0.25, 0.3) is 0 Å². The van der Waals surface area contributed by atoms with Crippen LogP contribution in [0.25, 0.3) is 0 Å². The summed E-state index contributed by atoms with van der Waals surface area (Å²) in [5.74, 6) is -0.231. The summed E-state index contributed by atoms with van der Waals surface area (Å²) in [5.41, 5.74) is 0. The Morgan fingerprint density at radius 1 is 0.425 bits per heavy atom. The maximum Gasteiger partial charge on any atom is 0.220 e. The van der Waals surface area contributed by atoms with Crippen LogP contribution in [0.15, 0.2) is 134 Å². The third-order valence-corrected chi connectivity index (χ3v) is 15.6. The predicted molar refractivity (Wildman–Crippen MR) is 355 cm³/mol. The highest BCUT2D eigenvalue weighted by molar-refractivity contribution is 5.76. The molecule has 2 heterocycles. The Morgan fingerprint density at radius 3 is 1.22 bits per heavy atom. The fourth-order valence-corrected chi connectivity index (χ4v) is 10.2. The number of nitrogens with one attached hydrogen (secondary N) is 1. The predicted octanol–water partition coefficient (Wildman–Crippen LogP) is 13.5. The van der Waals surface area contributed by atoms with E-state index in [1.165, 1.54) is 64.2 Å². The molecule has 12 unspecified atom stereocenters. The first-order valence-electron chi connectivity index (χ1n) is 33.9. The summed E-state index contributed by atoms with van der Waals surface area (Å²) < 4.78 is 22.8. The van der Waals surface area contributed by atoms with Crippen molar-refractivity contribution in [1.82, 2.24) is 5.32 Å². The van der Waals surface area contributed by atoms with Gasteiger partial charge in [0.05, 0.1) is 32.0 Å². The van der Waals surface area contributed by atoms with Crippen molar-refractivity contribution >= 4 is 5.91 Å². The highest BCUT2D eigenvalue weighted by atomic mass is 16.7. The number of aliphatic hydroxyl groups excluding tert-OH is 8. The molecule has 2 fully saturated rings. The van der Waals surface area contributed by atoms with E-state index in [1.54, 1.807) is 0 Å². The number of unbranched alkanes of at least 4 members (excludes halogenated alkanes) is 18. The Kier molecular flexibility index (Phi) is 51.1. The number of hydrogen-bond donors (Lipinski definition) is 9. The van der Waals surface area contributed by atoms with Crippen LogP contribution < -0.4 is 5.32 Å². The Labute approximate surface area is 526 Å². The molecule has 87 heavy (non-hydrogen) atoms. The lowest BCUT2D eigenvalue weighted by Gasteiger charge is -2.46. The maximum absolute atomic E-state index is 13.3. The Morgan fingerprint density at radius 2 is 0.793 bits per heavy atom. The minimum Gasteiger partial charge on any atom is -0.394 e. The molecule has 0 saturated carbocycles. The van der Waals surface area contributed by atoms with Gasteiger partial charge in [-0.05, 0) is 96.3 Å². The summed E-state index contributed by atoms with van der Waals surface area (Å²) in [5, 5.41) is 87.4. The lowest BCUT2D eigenvalue weighted by atomic mass is 9.97. The average Bonchev–Trinajstić information content (AvgIpc) is 2.05. The SMILES string of the molecule is CC/C=C\C/C=C\C/C=C\C/C=C\C/C=C\C/C=C\C/C=C\C/C=C\C/C=C\C/C=C\C/C=C\CCCCCCCC(=O)NC(COC1OC(CO)C(OC2OC(CO)C(O)C(O)C2O)C(O)C1O)C(O)CCCCCCCCCCCCCCCC. The van der Waals surface area contributed by atoms with Gasteiger partial charge < -0.3 is 65.1 Å². The van der Waals surface area contributed by atoms with Gasteiger partial charge in [-0.3, -0.25) is 4.79 Å². The van der Waals surface area contributed by atoms with E-state index in [1.807, 2.05) is 0 Å². The van der Waals surface area contributed by atoms with Crippen molar-refractivity contribution in [2.45, 2.75) is 299 Å². The van der Waals surface area contributed by atoms with Gasteiger partial charge in [-0.1, -0.05) is 257 Å². The van der Waals surface area contributed by atoms with Crippen molar-refractivity contribution in [3.05, 3.63) is 134 Å². The molecule has 2 aliphatic rings. The van der Waals surface area contributed by atoms with Crippen molar-refractivity contribution in [3.63, 3.8) is 0 Å². The molecule has 0 radical (unpaired) electrons. The van der Waals surface area contributed by atoms with Gasteiger partial charge in [0.15, 0.2) is 12.6 Å². The summed E-state index contributed by atoms with van der Waals surface area (Å²) in [6, 6.07) is -0.849. The number of carbonyl (C=O) groups excluding carboxylic acids is 1. The summed E-state index contributed by atoms with van der Waals surface area (Å²) in [6.07, 6.45) is 66.0. The smallest absolute Gasteiger partial charge is 0.220 e. The number of aliphatic hydroxyl groups is 8. The van der Waals surface area contributed by atoms with Crippen molar-refractivity contribution in [2.75, 3.05) is 19.8 Å². The largest absolute Gasteiger partial charge is 0.394 e. The third-order valence-electron chi connectivity index (χ3n) is 15.6. The van der Waals surface area contributed by atoms with Crippen LogP contribution in [-0.4, -0.2) is 140 Å². The number of rotatable bonds is 53. The van der Waals surface area contributed by atoms with Gasteiger partial charge in [-0.25, -0.2) is 0 Å². The zero-order valence-electron chi connectivity index (χ0n) is 53.7. The molecule has 2 saturated heterocycles. The Balaban J connectivity index is 1.65. The van der Waals surface area contributed by atoms with Gasteiger partial charge in [-0.15, -0.1) is 0 Å². The van der Waals surface area contributed by atoms with Crippen LogP contribution >= 0.6 is 0 Å². The second-order valence-electron chi connectivity index (χ2n) is 23.2. The van der Waals surface area contributed by atoms with E-state index >= 15 is 0 Å². The number of ether oxygens (including phenoxy) is 4. The van der Waals surface area contributed by atoms with Crippen LogP contribution in [0.4, 0.5) is 0 Å². The van der Waals surface area contributed by atoms with Crippen LogP contribution in [0.2, 0.25) is 0 Å². The number of amides is 1. The van der Waals surface area contributed by atoms with Gasteiger partial charge in [0, 0.05) is 6.42 Å². The first-order valence-corrected chi connectivity index (χ1v) is 33.9. The van der Waals surface area contributed by atoms with Crippen molar-refractivity contribution < 1.29 is 64.6 Å². The zero-order chi connectivity index (χ0) is 63.1. The van der Waals surface area contributed by atoms with E-state index < -0.39 is 86.8 Å². The summed E-state index contributed by atoms with van der Waals surface area (Å²) in [4.78, 5) is 13.3. The second-order valence-corrected chi connectivity index (χ2v) is 23.2. The van der Waals surface area contributed by atoms with Crippen molar-refractivity contribution in [2.24, 2.45) is 0 Å². The van der Waals surface area contributed by atoms with Gasteiger partial charge in [-0.2, -0.15) is 0 Å². The monoisotopic (exact) mass is 1220 g/mol. The zero-order valence-corrected chi connectivity index (χ0v) is 53.7. The van der Waals surface area contributed by atoms with E-state index in [0.29, 0.717) is 12.8 Å². The van der Waals surface area contributed by atoms with E-state index in [-0.39, 0.29) is 18.9 Å². The van der Waals surface area contributed by atoms with Gasteiger partial charge in [0.1, 0.15) is 48.8 Å². The molecule has 1 amide bonds. The molecule has 12 atom stereocenters. The number of carbonyl (C=O) groups is 1. The standard InChI is InChI=1S/C73H121NO13/c1-3-5-7-9-11-13-15-17-19-20-21-22-23-24-25-26-27-28-29-30-31-32-33-34-35-36-37-38-39-40-41-42-43-45-47-49-51-53-55-57-65(78)74-61(62(77)56-54-52-50-48-46-44-18-16-14-12-10-8-6-4-2)60-84-72-70(83)68(81)71(64(59-76)86-72)87-73-69(82)67(80)66(79)63(58-75)85-73/h5,7,11,13,17,19,21-22,24-25,27-28,30-31,33-34,36-37,39-40,42-43,61-64,66-73,75-77,79-83H,3-4,6,8-10,12,14-16,18,20,23,26,29,32,35,38,41,44-60H2,1-2H3,(H,74,78)/b7-5-,13-11-,19-17-,22-21-,25-24-,28-27-,31-30-,34-33-,37-36-,40-39-,43-42-. The molecule has 0 aromatic carbocycles. The molecule has 0 bridgehead atoms. The number of allylic oxidation sites excluding steroid dienone is 22. The summed E-state index contributed by atoms with van der Waals surface area (Å²) >= 11 is 0. The fraction of sp³-hybridized carbons (Fsp3) is 0.685. The van der Waals surface area contributed by atoms with E-state index in [4.69, 9.17) is 18.9 Å². The van der Waals surface area contributed by atoms with E-state index in [0.717, 1.165) is 128 Å². The van der Waals surface area contributed by atoms with Crippen LogP contribution in [0.3, 0.4) is 0 Å². The molecule has 2 aliphatic heterocycles. The molecule has 2 rings (SSSR count). The van der Waals surface area contributed by atoms with Gasteiger partial charge in [0.2, 0.25) is 5.91 Å². The second kappa shape index (κ2) is 56.1. The number of hydrogen-bond acceptors (Lipinski definition) is 13. The lowest BCUT2D eigenvalue weighted by molar-refractivity contribution is -0.359. The first-order chi connectivity index (χ1) is 42.6. The Bertz CT molecular complexity index is 1970. The summed E-state index contributed by atoms with van der Waals surface area (Å²) in [6.45, 7) is 2.72. The Hall–Kier alpha value is -3.87. The topological polar surface area (TPSA) is 228 Å². The molecule has 0 aliphatic carbocycles. The highest BCUT2D eigenvalue weighted by Gasteiger charge is 2.51. The quantitative estimate of drug-likeness (QED) is 0.0204. The van der Waals surface area contributed by atoms with Crippen LogP contribution in [0.1, 0.15) is 226 Å². The molecule has 0 spiro atoms. The minimum atomic E-state index is -1.79. The van der Waals surface area contributed by atoms with E-state index in [9.17, 15) is 45.6 Å². The first kappa shape index (κ1) is 79.2. The molecular weight excluding hydrogens is 1100 g/mol. The molecule has 9 N–H and O–H groups in total. The lowest BCUT2D eigenvalue weighted by Crippen LogP contribution is -2.65. The fourth-order valence-electron chi connectivity index (χ4n) is 10.2. The third kappa shape index (κ3) is 40.5. The molecule has 496 valence electrons. The van der Waals surface area contributed by atoms with E-state index in [2.05, 4.69) is 153 Å². The maximum atomic E-state index is 13.3. The minimum absolute atomic E-state index is 0.231. The molecular formula is C73H121NO13. The van der Waals surface area contributed by atoms with Crippen LogP contribution in [-0.2, 0) is 23.7 Å². The molecule has 14 heteroatoms. The molecule has 0 aromatic rings. The molecule has 14 nitrogen and oxygen atoms in total. The average molecular weight is 1220 g/mol. The van der Waals surface area contributed by atoms with Crippen molar-refractivity contribution in [3.8, 4) is 0 Å². The summed E-state index contributed by atoms with van der Waals surface area (Å²) in [7, 11) is 0. The van der Waals surface area contributed by atoms with Crippen LogP contribution in [0, 0.1) is 0 Å². The van der Waals surface area contributed by atoms with Gasteiger partial charge >= 0.3 is 0 Å². The highest BCUT2D eigenvalue weighted by Crippen LogP contribution is 2.30.